The van der Waals surface area contributed by atoms with Crippen molar-refractivity contribution in [3.8, 4) is 28.1 Å². The van der Waals surface area contributed by atoms with Gasteiger partial charge in [0.2, 0.25) is 18.2 Å². The first-order chi connectivity index (χ1) is 32.6. The maximum Gasteiger partial charge on any atom is 0.407 e. The first kappa shape index (κ1) is 45.2. The Bertz CT molecular complexity index is 2640. The molecule has 5 N–H and O–H groups in total. The lowest BCUT2D eigenvalue weighted by Gasteiger charge is -2.37. The second kappa shape index (κ2) is 18.9. The summed E-state index contributed by atoms with van der Waals surface area (Å²) in [5.74, 6) is 2.51. The normalized spacial score (nSPS) is 24.5. The summed E-state index contributed by atoms with van der Waals surface area (Å²) in [5, 5.41) is 18.4. The number of nitrogens with zero attached hydrogens (tertiary/aromatic N) is 4. The summed E-state index contributed by atoms with van der Waals surface area (Å²) >= 11 is 0. The molecule has 6 heterocycles. The molecule has 5 aromatic rings. The van der Waals surface area contributed by atoms with Gasteiger partial charge in [-0.05, 0) is 115 Å². The Labute approximate surface area is 390 Å². The van der Waals surface area contributed by atoms with E-state index in [4.69, 9.17) is 28.9 Å². The number of aliphatic hydroxyl groups is 1. The second-order valence-corrected chi connectivity index (χ2v) is 19.3. The molecule has 0 spiro atoms. The summed E-state index contributed by atoms with van der Waals surface area (Å²) in [5.41, 5.74) is 6.73. The molecule has 0 bridgehead atoms. The topological polar surface area (TPSA) is 196 Å². The Morgan fingerprint density at radius 2 is 1.76 bits per heavy atom. The number of imidazole rings is 2. The van der Waals surface area contributed by atoms with Crippen molar-refractivity contribution in [3.63, 3.8) is 0 Å². The highest BCUT2D eigenvalue weighted by molar-refractivity contribution is 6.07. The van der Waals surface area contributed by atoms with Crippen LogP contribution in [0.4, 0.5) is 4.79 Å². The van der Waals surface area contributed by atoms with Gasteiger partial charge in [-0.3, -0.25) is 14.9 Å². The number of alkyl carbamates (subject to hydrolysis) is 1. The molecule has 356 valence electrons. The lowest BCUT2D eigenvalue weighted by atomic mass is 9.90. The van der Waals surface area contributed by atoms with E-state index in [-0.39, 0.29) is 47.8 Å². The van der Waals surface area contributed by atoms with Crippen molar-refractivity contribution in [3.05, 3.63) is 65.9 Å². The highest BCUT2D eigenvalue weighted by atomic mass is 16.6. The summed E-state index contributed by atoms with van der Waals surface area (Å²) in [6, 6.07) is 13.2. The molecule has 1 aliphatic carbocycles. The number of amides is 3. The molecule has 16 nitrogen and oxygen atoms in total. The molecule has 10 rings (SSSR count). The number of aromatic amines is 2. The molecule has 67 heavy (non-hydrogen) atoms. The number of aromatic nitrogens is 4. The van der Waals surface area contributed by atoms with E-state index < -0.39 is 24.6 Å². The lowest BCUT2D eigenvalue weighted by Crippen LogP contribution is -2.56. The summed E-state index contributed by atoms with van der Waals surface area (Å²) in [6.07, 6.45) is 8.56. The highest BCUT2D eigenvalue weighted by Crippen LogP contribution is 2.48. The van der Waals surface area contributed by atoms with E-state index in [0.717, 1.165) is 131 Å². The number of aliphatic hydroxyl groups excluding tert-OH is 1. The molecule has 9 unspecified atom stereocenters. The Morgan fingerprint density at radius 3 is 2.54 bits per heavy atom. The third-order valence-corrected chi connectivity index (χ3v) is 15.7. The van der Waals surface area contributed by atoms with Crippen LogP contribution < -0.4 is 15.4 Å². The average molecular weight is 917 g/mol. The van der Waals surface area contributed by atoms with Crippen LogP contribution in [0.15, 0.2) is 48.7 Å². The van der Waals surface area contributed by atoms with Crippen molar-refractivity contribution < 1.29 is 38.4 Å². The molecule has 3 saturated heterocycles. The minimum atomic E-state index is -1.26. The molecular weight excluding hydrogens is 853 g/mol. The van der Waals surface area contributed by atoms with E-state index in [2.05, 4.69) is 70.0 Å². The Hall–Kier alpha value is -5.55. The average Bonchev–Trinajstić information content (AvgIpc) is 4.22. The maximum absolute atomic E-state index is 14.6. The third-order valence-electron chi connectivity index (χ3n) is 15.7. The Morgan fingerprint density at radius 1 is 0.925 bits per heavy atom. The first-order valence-corrected chi connectivity index (χ1v) is 24.4. The van der Waals surface area contributed by atoms with Gasteiger partial charge in [0.05, 0.1) is 48.2 Å². The molecule has 9 atom stereocenters. The van der Waals surface area contributed by atoms with Gasteiger partial charge in [-0.2, -0.15) is 0 Å². The summed E-state index contributed by atoms with van der Waals surface area (Å²) < 4.78 is 22.2. The molecular formula is C51H64N8O8. The van der Waals surface area contributed by atoms with Gasteiger partial charge >= 0.3 is 6.09 Å². The van der Waals surface area contributed by atoms with Crippen molar-refractivity contribution in [1.82, 2.24) is 40.4 Å². The van der Waals surface area contributed by atoms with Crippen molar-refractivity contribution in [1.29, 1.82) is 0 Å². The Kier molecular flexibility index (Phi) is 12.7. The van der Waals surface area contributed by atoms with E-state index in [9.17, 15) is 19.5 Å². The van der Waals surface area contributed by atoms with Gasteiger partial charge in [-0.1, -0.05) is 51.8 Å². The molecule has 5 aliphatic rings. The standard InChI is InChI=1S/C51H64N8O8/c1-6-27(3)43(56-50(62)64-4)48(60)59-39-10-8-9-31(39)23-41(59)46-52-25-38(54-46)30-11-14-34-32(21-30)26-67-42-24-35-29(22-36(34)42)12-15-37-45(35)55-47(53-37)40-16-13-33(7-2)58(40)49(61)44(57-51(63)65-5)28-17-19-66-20-18-28/h11-12,14-15,21-22,24-25,27-28,31,33,39-41,43-44,51,57,63H,6-10,13,16-20,23,26H2,1-5H3,(H,52,54)(H,53,55)(H,56,62). The quantitative estimate of drug-likeness (QED) is 0.0729. The second-order valence-electron chi connectivity index (χ2n) is 19.3. The molecule has 4 aliphatic heterocycles. The maximum atomic E-state index is 14.6. The predicted molar refractivity (Wildman–Crippen MR) is 251 cm³/mol. The van der Waals surface area contributed by atoms with Crippen LogP contribution in [0.2, 0.25) is 0 Å². The van der Waals surface area contributed by atoms with E-state index in [1.807, 2.05) is 29.8 Å². The smallest absolute Gasteiger partial charge is 0.407 e. The lowest BCUT2D eigenvalue weighted by molar-refractivity contribution is -0.149. The monoisotopic (exact) mass is 916 g/mol. The van der Waals surface area contributed by atoms with Crippen LogP contribution in [0.3, 0.4) is 0 Å². The number of ether oxygens (including phenoxy) is 4. The summed E-state index contributed by atoms with van der Waals surface area (Å²) in [7, 11) is 2.74. The van der Waals surface area contributed by atoms with Gasteiger partial charge in [0, 0.05) is 43.4 Å². The van der Waals surface area contributed by atoms with Crippen molar-refractivity contribution in [2.45, 2.75) is 134 Å². The van der Waals surface area contributed by atoms with Crippen LogP contribution in [0.25, 0.3) is 44.2 Å². The number of benzene rings is 3. The number of methoxy groups -OCH3 is 2. The van der Waals surface area contributed by atoms with E-state index in [0.29, 0.717) is 25.7 Å². The fourth-order valence-electron chi connectivity index (χ4n) is 11.9. The number of hydrogen-bond donors (Lipinski definition) is 5. The van der Waals surface area contributed by atoms with Gasteiger partial charge in [0.1, 0.15) is 30.0 Å². The van der Waals surface area contributed by atoms with Gasteiger partial charge in [-0.15, -0.1) is 0 Å². The van der Waals surface area contributed by atoms with Gasteiger partial charge in [0.15, 0.2) is 0 Å². The number of carbonyl (C=O) groups excluding carboxylic acids is 3. The van der Waals surface area contributed by atoms with E-state index in [1.54, 1.807) is 0 Å². The van der Waals surface area contributed by atoms with Crippen molar-refractivity contribution in [2.75, 3.05) is 27.4 Å². The number of H-pyrrole nitrogens is 2. The zero-order chi connectivity index (χ0) is 46.5. The summed E-state index contributed by atoms with van der Waals surface area (Å²) in [6.45, 7) is 7.68. The highest BCUT2D eigenvalue weighted by Gasteiger charge is 2.50. The minimum absolute atomic E-state index is 0.00433. The molecule has 0 radical (unpaired) electrons. The largest absolute Gasteiger partial charge is 0.488 e. The molecule has 1 saturated carbocycles. The fraction of sp³-hybridized carbons (Fsp3) is 0.549. The first-order valence-electron chi connectivity index (χ1n) is 24.4. The number of rotatable bonds is 13. The number of likely N-dealkylation sites (tertiary alicyclic amines) is 2. The molecule has 3 amide bonds. The number of nitrogens with one attached hydrogen (secondary N) is 4. The van der Waals surface area contributed by atoms with Crippen LogP contribution in [-0.2, 0) is 30.4 Å². The molecule has 4 fully saturated rings. The Balaban J connectivity index is 0.910. The van der Waals surface area contributed by atoms with Crippen LogP contribution >= 0.6 is 0 Å². The van der Waals surface area contributed by atoms with Crippen LogP contribution in [-0.4, -0.2) is 111 Å². The number of carbonyl (C=O) groups is 3. The SMILES string of the molecule is CCC(C)C(NC(=O)OC)C(=O)N1C(c2ncc(-c3ccc4c(c3)COc3cc5c(ccc6[nH]c(C7CCC(CC)N7C(=O)C(NC(O)OC)C7CCOCC7)nc65)cc3-4)[nH]2)CC2CCCC21. The number of fused-ring (bicyclic) bond motifs is 7. The van der Waals surface area contributed by atoms with Crippen LogP contribution in [0.5, 0.6) is 5.75 Å². The van der Waals surface area contributed by atoms with Crippen LogP contribution in [0.1, 0.15) is 114 Å². The molecule has 2 aromatic heterocycles. The van der Waals surface area contributed by atoms with Gasteiger partial charge in [0.25, 0.3) is 0 Å². The zero-order valence-corrected chi connectivity index (χ0v) is 39.2. The van der Waals surface area contributed by atoms with Crippen LogP contribution in [0, 0.1) is 17.8 Å². The molecule has 16 heteroatoms. The van der Waals surface area contributed by atoms with Crippen molar-refractivity contribution >= 4 is 39.7 Å². The fourth-order valence-corrected chi connectivity index (χ4v) is 11.9. The predicted octanol–water partition coefficient (Wildman–Crippen LogP) is 7.63. The molecule has 3 aromatic carbocycles. The van der Waals surface area contributed by atoms with Gasteiger partial charge < -0.3 is 49.1 Å². The van der Waals surface area contributed by atoms with Crippen molar-refractivity contribution in [2.24, 2.45) is 17.8 Å². The van der Waals surface area contributed by atoms with Gasteiger partial charge in [-0.25, -0.2) is 14.8 Å². The number of hydrogen-bond acceptors (Lipinski definition) is 11. The van der Waals surface area contributed by atoms with E-state index >= 15 is 0 Å². The zero-order valence-electron chi connectivity index (χ0n) is 39.2. The summed E-state index contributed by atoms with van der Waals surface area (Å²) in [4.78, 5) is 62.7. The third kappa shape index (κ3) is 8.33. The minimum Gasteiger partial charge on any atom is -0.488 e. The van der Waals surface area contributed by atoms with E-state index in [1.165, 1.54) is 14.2 Å².